The van der Waals surface area contributed by atoms with Gasteiger partial charge >= 0.3 is 6.16 Å². The van der Waals surface area contributed by atoms with Gasteiger partial charge in [0.1, 0.15) is 0 Å². The summed E-state index contributed by atoms with van der Waals surface area (Å²) in [4.78, 5) is 14.2. The van der Waals surface area contributed by atoms with Crippen molar-refractivity contribution in [2.24, 2.45) is 0 Å². The van der Waals surface area contributed by atoms with Crippen molar-refractivity contribution in [2.75, 3.05) is 13.1 Å². The van der Waals surface area contributed by atoms with E-state index >= 15 is 0 Å². The number of halogens is 2. The summed E-state index contributed by atoms with van der Waals surface area (Å²) in [5.74, 6) is 0. The SMILES string of the molecule is Cl.O=C(O)Oc1cc2c(s1)CCN(Cc1ccccc1Cl)CC2. The fraction of sp³-hybridized carbons (Fsp3) is 0.312. The highest BCUT2D eigenvalue weighted by Crippen LogP contribution is 2.32. The van der Waals surface area contributed by atoms with Crippen molar-refractivity contribution in [3.05, 3.63) is 51.4 Å². The molecule has 4 nitrogen and oxygen atoms in total. The Balaban J connectivity index is 0.00000192. The van der Waals surface area contributed by atoms with Crippen LogP contribution in [-0.4, -0.2) is 29.3 Å². The topological polar surface area (TPSA) is 49.8 Å². The molecule has 7 heteroatoms. The molecule has 0 spiro atoms. The van der Waals surface area contributed by atoms with Crippen molar-refractivity contribution in [2.45, 2.75) is 19.4 Å². The van der Waals surface area contributed by atoms with E-state index in [2.05, 4.69) is 11.0 Å². The van der Waals surface area contributed by atoms with Gasteiger partial charge in [-0.15, -0.1) is 23.7 Å². The van der Waals surface area contributed by atoms with Gasteiger partial charge in [0, 0.05) is 29.5 Å². The zero-order valence-corrected chi connectivity index (χ0v) is 14.7. The van der Waals surface area contributed by atoms with Crippen LogP contribution in [0.25, 0.3) is 0 Å². The lowest BCUT2D eigenvalue weighted by molar-refractivity contribution is 0.146. The van der Waals surface area contributed by atoms with E-state index in [1.54, 1.807) is 0 Å². The number of carboxylic acid groups (broad SMARTS) is 1. The van der Waals surface area contributed by atoms with Crippen LogP contribution < -0.4 is 4.74 Å². The van der Waals surface area contributed by atoms with Gasteiger partial charge < -0.3 is 9.84 Å². The summed E-state index contributed by atoms with van der Waals surface area (Å²) >= 11 is 7.66. The molecule has 3 rings (SSSR count). The molecule has 0 unspecified atom stereocenters. The lowest BCUT2D eigenvalue weighted by Crippen LogP contribution is -2.26. The molecule has 0 atom stereocenters. The molecular formula is C16H17Cl2NO3S. The number of carbonyl (C=O) groups is 1. The zero-order chi connectivity index (χ0) is 15.5. The molecule has 23 heavy (non-hydrogen) atoms. The van der Waals surface area contributed by atoms with Crippen molar-refractivity contribution >= 4 is 41.5 Å². The quantitative estimate of drug-likeness (QED) is 0.805. The standard InChI is InChI=1S/C16H16ClNO3S.ClH/c17-13-4-2-1-3-12(13)10-18-7-5-11-9-15(21-16(19)20)22-14(11)6-8-18;/h1-4,9H,5-8,10H2,(H,19,20);1H. The number of ether oxygens (including phenoxy) is 1. The minimum absolute atomic E-state index is 0. The van der Waals surface area contributed by atoms with Crippen molar-refractivity contribution in [1.29, 1.82) is 0 Å². The molecule has 0 saturated carbocycles. The minimum Gasteiger partial charge on any atom is -0.449 e. The fourth-order valence-corrected chi connectivity index (χ4v) is 3.91. The van der Waals surface area contributed by atoms with Gasteiger partial charge in [-0.1, -0.05) is 29.8 Å². The highest BCUT2D eigenvalue weighted by molar-refractivity contribution is 7.14. The molecule has 0 bridgehead atoms. The molecule has 1 aromatic heterocycles. The summed E-state index contributed by atoms with van der Waals surface area (Å²) in [5.41, 5.74) is 2.34. The van der Waals surface area contributed by atoms with Gasteiger partial charge in [0.15, 0.2) is 5.06 Å². The van der Waals surface area contributed by atoms with Crippen LogP contribution in [0.5, 0.6) is 5.06 Å². The van der Waals surface area contributed by atoms with E-state index in [1.807, 2.05) is 24.3 Å². The molecule has 1 aromatic carbocycles. The molecular weight excluding hydrogens is 357 g/mol. The third kappa shape index (κ3) is 4.61. The van der Waals surface area contributed by atoms with Crippen LogP contribution in [0.1, 0.15) is 16.0 Å². The number of nitrogens with zero attached hydrogens (tertiary/aromatic N) is 1. The third-order valence-electron chi connectivity index (χ3n) is 3.77. The van der Waals surface area contributed by atoms with Gasteiger partial charge in [-0.05, 0) is 36.1 Å². The van der Waals surface area contributed by atoms with E-state index in [0.29, 0.717) is 5.06 Å². The Kier molecular flexibility index (Phi) is 6.30. The van der Waals surface area contributed by atoms with E-state index in [0.717, 1.165) is 43.1 Å². The van der Waals surface area contributed by atoms with Crippen LogP contribution in [0.2, 0.25) is 5.02 Å². The number of benzene rings is 1. The number of hydrogen-bond acceptors (Lipinski definition) is 4. The van der Waals surface area contributed by atoms with Crippen LogP contribution in [0.4, 0.5) is 4.79 Å². The molecule has 0 fully saturated rings. The number of rotatable bonds is 3. The molecule has 0 aliphatic carbocycles. The van der Waals surface area contributed by atoms with E-state index in [1.165, 1.54) is 21.8 Å². The second kappa shape index (κ2) is 8.02. The van der Waals surface area contributed by atoms with Crippen molar-refractivity contribution in [3.8, 4) is 5.06 Å². The minimum atomic E-state index is -1.25. The lowest BCUT2D eigenvalue weighted by atomic mass is 10.2. The van der Waals surface area contributed by atoms with Crippen LogP contribution in [0.3, 0.4) is 0 Å². The average molecular weight is 374 g/mol. The summed E-state index contributed by atoms with van der Waals surface area (Å²) in [6.45, 7) is 2.71. The van der Waals surface area contributed by atoms with Crippen molar-refractivity contribution < 1.29 is 14.6 Å². The van der Waals surface area contributed by atoms with Gasteiger partial charge in [0.2, 0.25) is 0 Å². The van der Waals surface area contributed by atoms with Gasteiger partial charge in [0.25, 0.3) is 0 Å². The van der Waals surface area contributed by atoms with Crippen molar-refractivity contribution in [3.63, 3.8) is 0 Å². The van der Waals surface area contributed by atoms with Crippen molar-refractivity contribution in [1.82, 2.24) is 4.90 Å². The molecule has 1 N–H and O–H groups in total. The number of hydrogen-bond donors (Lipinski definition) is 1. The summed E-state index contributed by atoms with van der Waals surface area (Å²) < 4.78 is 4.75. The van der Waals surface area contributed by atoms with E-state index in [4.69, 9.17) is 21.4 Å². The Morgan fingerprint density at radius 1 is 1.30 bits per heavy atom. The maximum Gasteiger partial charge on any atom is 0.512 e. The second-order valence-electron chi connectivity index (χ2n) is 5.25. The number of fused-ring (bicyclic) bond motifs is 1. The summed E-state index contributed by atoms with van der Waals surface area (Å²) in [5, 5.41) is 9.95. The Labute approximate surface area is 150 Å². The predicted molar refractivity (Wildman–Crippen MR) is 94.4 cm³/mol. The van der Waals surface area contributed by atoms with Gasteiger partial charge in [0.05, 0.1) is 0 Å². The molecule has 1 aliphatic heterocycles. The van der Waals surface area contributed by atoms with Gasteiger partial charge in [-0.2, -0.15) is 0 Å². The van der Waals surface area contributed by atoms with E-state index < -0.39 is 6.16 Å². The summed E-state index contributed by atoms with van der Waals surface area (Å²) in [7, 11) is 0. The monoisotopic (exact) mass is 373 g/mol. The molecule has 0 amide bonds. The normalized spacial score (nSPS) is 14.5. The molecule has 2 aromatic rings. The van der Waals surface area contributed by atoms with Crippen LogP contribution in [0.15, 0.2) is 30.3 Å². The smallest absolute Gasteiger partial charge is 0.449 e. The first-order valence-corrected chi connectivity index (χ1v) is 8.29. The Morgan fingerprint density at radius 2 is 2.04 bits per heavy atom. The first-order chi connectivity index (χ1) is 10.6. The maximum absolute atomic E-state index is 10.6. The molecule has 0 radical (unpaired) electrons. The summed E-state index contributed by atoms with van der Waals surface area (Å²) in [6.07, 6.45) is 0.559. The summed E-state index contributed by atoms with van der Waals surface area (Å²) in [6, 6.07) is 9.77. The first-order valence-electron chi connectivity index (χ1n) is 7.10. The molecule has 2 heterocycles. The highest BCUT2D eigenvalue weighted by atomic mass is 35.5. The fourth-order valence-electron chi connectivity index (χ4n) is 2.67. The second-order valence-corrected chi connectivity index (χ2v) is 6.76. The highest BCUT2D eigenvalue weighted by Gasteiger charge is 2.19. The molecule has 1 aliphatic rings. The predicted octanol–water partition coefficient (Wildman–Crippen LogP) is 4.48. The molecule has 0 saturated heterocycles. The van der Waals surface area contributed by atoms with Gasteiger partial charge in [-0.25, -0.2) is 4.79 Å². The van der Waals surface area contributed by atoms with E-state index in [9.17, 15) is 4.79 Å². The average Bonchev–Trinajstić information content (AvgIpc) is 2.75. The molecule has 124 valence electrons. The van der Waals surface area contributed by atoms with Crippen LogP contribution in [-0.2, 0) is 19.4 Å². The lowest BCUT2D eigenvalue weighted by Gasteiger charge is -2.20. The first kappa shape index (κ1) is 18.1. The van der Waals surface area contributed by atoms with Crippen LogP contribution >= 0.6 is 35.3 Å². The van der Waals surface area contributed by atoms with Gasteiger partial charge in [-0.3, -0.25) is 4.90 Å². The zero-order valence-electron chi connectivity index (χ0n) is 12.3. The van der Waals surface area contributed by atoms with E-state index in [-0.39, 0.29) is 12.4 Å². The Morgan fingerprint density at radius 3 is 2.78 bits per heavy atom. The Hall–Kier alpha value is -1.27. The largest absolute Gasteiger partial charge is 0.512 e. The Bertz CT molecular complexity index is 664. The van der Waals surface area contributed by atoms with Crippen LogP contribution in [0, 0.1) is 0 Å². The maximum atomic E-state index is 10.6. The third-order valence-corrected chi connectivity index (χ3v) is 5.25. The number of thiophene rings is 1.